The number of halogens is 4. The van der Waals surface area contributed by atoms with E-state index in [0.717, 1.165) is 47.1 Å². The Kier molecular flexibility index (Phi) is 8.62. The quantitative estimate of drug-likeness (QED) is 0.139. The van der Waals surface area contributed by atoms with Crippen LogP contribution in [0.25, 0.3) is 5.69 Å². The van der Waals surface area contributed by atoms with Crippen molar-refractivity contribution >= 4 is 21.6 Å². The second-order valence-electron chi connectivity index (χ2n) is 10.1. The molecule has 0 atom stereocenters. The van der Waals surface area contributed by atoms with E-state index in [0.29, 0.717) is 12.8 Å². The van der Waals surface area contributed by atoms with E-state index in [-0.39, 0.29) is 53.8 Å². The number of carbonyl (C=O) groups excluding carboxylic acids is 1. The average molecular weight is 648 g/mol. The van der Waals surface area contributed by atoms with Crippen molar-refractivity contribution in [2.24, 2.45) is 0 Å². The summed E-state index contributed by atoms with van der Waals surface area (Å²) >= 11 is 0. The molecular formula is C29H25F4N5O6S. The van der Waals surface area contributed by atoms with Gasteiger partial charge in [0.05, 0.1) is 16.2 Å². The molecule has 0 radical (unpaired) electrons. The van der Waals surface area contributed by atoms with Gasteiger partial charge < -0.3 is 10.1 Å². The number of nitro benzene ring substituents is 1. The highest BCUT2D eigenvalue weighted by atomic mass is 32.2. The van der Waals surface area contributed by atoms with Gasteiger partial charge in [-0.25, -0.2) is 12.8 Å². The normalized spacial score (nSPS) is 14.0. The van der Waals surface area contributed by atoms with Gasteiger partial charge in [-0.15, -0.1) is 0 Å². The maximum atomic E-state index is 13.7. The van der Waals surface area contributed by atoms with Crippen LogP contribution in [0.2, 0.25) is 0 Å². The van der Waals surface area contributed by atoms with Crippen LogP contribution in [-0.4, -0.2) is 46.4 Å². The van der Waals surface area contributed by atoms with Gasteiger partial charge in [-0.3, -0.25) is 14.9 Å². The Morgan fingerprint density at radius 1 is 1.07 bits per heavy atom. The molecule has 3 aromatic carbocycles. The SMILES string of the molecule is Cc1c(C(=O)NCc2cccc(C(F)(F)F)c2)nn(-c2ccc(F)cc2)c1Oc1ccc([N+](=O)[O-])cc1S(=O)(=O)N1CCCC1. The maximum Gasteiger partial charge on any atom is 0.416 e. The highest BCUT2D eigenvalue weighted by molar-refractivity contribution is 7.89. The molecule has 1 fully saturated rings. The predicted molar refractivity (Wildman–Crippen MR) is 152 cm³/mol. The number of rotatable bonds is 9. The molecule has 0 aliphatic carbocycles. The summed E-state index contributed by atoms with van der Waals surface area (Å²) in [5.74, 6) is -1.80. The summed E-state index contributed by atoms with van der Waals surface area (Å²) in [6, 6.07) is 12.4. The number of nitrogens with one attached hydrogen (secondary N) is 1. The minimum atomic E-state index is -4.57. The molecule has 1 saturated heterocycles. The Morgan fingerprint density at radius 3 is 2.40 bits per heavy atom. The number of hydrogen-bond acceptors (Lipinski definition) is 7. The maximum absolute atomic E-state index is 13.7. The number of amides is 1. The first-order valence-electron chi connectivity index (χ1n) is 13.5. The third kappa shape index (κ3) is 6.66. The van der Waals surface area contributed by atoms with Crippen LogP contribution in [0, 0.1) is 22.9 Å². The van der Waals surface area contributed by atoms with Crippen molar-refractivity contribution < 1.29 is 40.4 Å². The molecule has 1 amide bonds. The first kappa shape index (κ1) is 31.6. The topological polar surface area (TPSA) is 137 Å². The van der Waals surface area contributed by atoms with Crippen LogP contribution in [-0.2, 0) is 22.7 Å². The molecule has 1 aliphatic rings. The zero-order valence-electron chi connectivity index (χ0n) is 23.5. The molecule has 0 saturated carbocycles. The minimum Gasteiger partial charge on any atom is -0.437 e. The molecule has 1 aromatic heterocycles. The van der Waals surface area contributed by atoms with Gasteiger partial charge >= 0.3 is 6.18 Å². The second-order valence-corrected chi connectivity index (χ2v) is 12.1. The van der Waals surface area contributed by atoms with Crippen molar-refractivity contribution in [1.29, 1.82) is 0 Å². The summed E-state index contributed by atoms with van der Waals surface area (Å²) in [6.07, 6.45) is -3.35. The monoisotopic (exact) mass is 647 g/mol. The van der Waals surface area contributed by atoms with E-state index in [1.807, 2.05) is 0 Å². The molecule has 0 unspecified atom stereocenters. The van der Waals surface area contributed by atoms with Crippen LogP contribution in [0.15, 0.2) is 71.6 Å². The van der Waals surface area contributed by atoms with Gasteiger partial charge in [0.25, 0.3) is 11.6 Å². The smallest absolute Gasteiger partial charge is 0.416 e. The van der Waals surface area contributed by atoms with Crippen molar-refractivity contribution in [3.8, 4) is 17.3 Å². The van der Waals surface area contributed by atoms with Gasteiger partial charge in [0, 0.05) is 37.3 Å². The molecular weight excluding hydrogens is 622 g/mol. The molecule has 16 heteroatoms. The van der Waals surface area contributed by atoms with E-state index >= 15 is 0 Å². The lowest BCUT2D eigenvalue weighted by Crippen LogP contribution is -2.28. The molecule has 1 aliphatic heterocycles. The van der Waals surface area contributed by atoms with E-state index in [9.17, 15) is 40.9 Å². The summed E-state index contributed by atoms with van der Waals surface area (Å²) in [4.78, 5) is 23.5. The Bertz CT molecular complexity index is 1870. The molecule has 4 aromatic rings. The summed E-state index contributed by atoms with van der Waals surface area (Å²) in [5, 5.41) is 18.3. The van der Waals surface area contributed by atoms with E-state index < -0.39 is 49.0 Å². The molecule has 1 N–H and O–H groups in total. The molecule has 236 valence electrons. The highest BCUT2D eigenvalue weighted by Crippen LogP contribution is 2.37. The molecule has 0 bridgehead atoms. The predicted octanol–water partition coefficient (Wildman–Crippen LogP) is 5.75. The third-order valence-electron chi connectivity index (χ3n) is 7.09. The van der Waals surface area contributed by atoms with Crippen LogP contribution in [0.1, 0.15) is 40.0 Å². The lowest BCUT2D eigenvalue weighted by molar-refractivity contribution is -0.385. The molecule has 0 spiro atoms. The van der Waals surface area contributed by atoms with E-state index in [4.69, 9.17) is 4.74 Å². The van der Waals surface area contributed by atoms with Crippen molar-refractivity contribution in [2.45, 2.75) is 37.4 Å². The molecule has 2 heterocycles. The van der Waals surface area contributed by atoms with E-state index in [1.54, 1.807) is 0 Å². The van der Waals surface area contributed by atoms with Crippen molar-refractivity contribution in [1.82, 2.24) is 19.4 Å². The van der Waals surface area contributed by atoms with Crippen LogP contribution in [0.3, 0.4) is 0 Å². The lowest BCUT2D eigenvalue weighted by Gasteiger charge is -2.18. The number of aromatic nitrogens is 2. The summed E-state index contributed by atoms with van der Waals surface area (Å²) in [5.41, 5.74) is -1.09. The largest absolute Gasteiger partial charge is 0.437 e. The Morgan fingerprint density at radius 2 is 1.76 bits per heavy atom. The van der Waals surface area contributed by atoms with Gasteiger partial charge in [-0.2, -0.15) is 27.3 Å². The number of alkyl halides is 3. The number of hydrogen-bond donors (Lipinski definition) is 1. The number of non-ortho nitro benzene ring substituents is 1. The Balaban J connectivity index is 1.54. The zero-order valence-corrected chi connectivity index (χ0v) is 24.4. The van der Waals surface area contributed by atoms with Crippen molar-refractivity contribution in [2.75, 3.05) is 13.1 Å². The van der Waals surface area contributed by atoms with Gasteiger partial charge in [-0.1, -0.05) is 12.1 Å². The molecule has 5 rings (SSSR count). The fraction of sp³-hybridized carbons (Fsp3) is 0.241. The first-order chi connectivity index (χ1) is 21.3. The number of nitro groups is 1. The van der Waals surface area contributed by atoms with Crippen LogP contribution >= 0.6 is 0 Å². The summed E-state index contributed by atoms with van der Waals surface area (Å²) < 4.78 is 88.6. The molecule has 45 heavy (non-hydrogen) atoms. The first-order valence-corrected chi connectivity index (χ1v) is 15.0. The average Bonchev–Trinajstić information content (AvgIpc) is 3.66. The highest BCUT2D eigenvalue weighted by Gasteiger charge is 2.33. The van der Waals surface area contributed by atoms with Crippen LogP contribution in [0.5, 0.6) is 11.6 Å². The van der Waals surface area contributed by atoms with Gasteiger partial charge in [-0.05, 0) is 67.8 Å². The van der Waals surface area contributed by atoms with E-state index in [2.05, 4.69) is 10.4 Å². The summed E-state index contributed by atoms with van der Waals surface area (Å²) in [6.45, 7) is 1.60. The van der Waals surface area contributed by atoms with Crippen molar-refractivity contribution in [3.05, 3.63) is 105 Å². The second kappa shape index (κ2) is 12.3. The Labute approximate surface area is 254 Å². The zero-order chi connectivity index (χ0) is 32.5. The molecule has 11 nitrogen and oxygen atoms in total. The number of carbonyl (C=O) groups is 1. The number of benzene rings is 3. The van der Waals surface area contributed by atoms with Gasteiger partial charge in [0.15, 0.2) is 5.69 Å². The van der Waals surface area contributed by atoms with Gasteiger partial charge in [0.2, 0.25) is 15.9 Å². The summed E-state index contributed by atoms with van der Waals surface area (Å²) in [7, 11) is -4.24. The van der Waals surface area contributed by atoms with E-state index in [1.165, 1.54) is 35.5 Å². The lowest BCUT2D eigenvalue weighted by atomic mass is 10.1. The van der Waals surface area contributed by atoms with Crippen LogP contribution < -0.4 is 10.1 Å². The van der Waals surface area contributed by atoms with Gasteiger partial charge in [0.1, 0.15) is 16.5 Å². The Hall–Kier alpha value is -4.83. The minimum absolute atomic E-state index is 0.101. The fourth-order valence-corrected chi connectivity index (χ4v) is 6.42. The number of nitrogens with zero attached hydrogens (tertiary/aromatic N) is 4. The number of sulfonamides is 1. The number of ether oxygens (including phenoxy) is 1. The standard InChI is InChI=1S/C29H25F4N5O6S/c1-18-26(27(39)34-17-19-5-4-6-20(15-19)29(31,32)33)35-37(22-9-7-21(30)8-10-22)28(18)44-24-12-11-23(38(40)41)16-25(24)45(42,43)36-13-2-3-14-36/h4-12,15-16H,2-3,13-14,17H2,1H3,(H,34,39). The van der Waals surface area contributed by atoms with Crippen molar-refractivity contribution in [3.63, 3.8) is 0 Å². The third-order valence-corrected chi connectivity index (χ3v) is 9.01. The van der Waals surface area contributed by atoms with Crippen LogP contribution in [0.4, 0.5) is 23.2 Å². The fourth-order valence-electron chi connectivity index (χ4n) is 4.76.